The van der Waals surface area contributed by atoms with Gasteiger partial charge < -0.3 is 10.1 Å². The van der Waals surface area contributed by atoms with Gasteiger partial charge in [-0.25, -0.2) is 0 Å². The summed E-state index contributed by atoms with van der Waals surface area (Å²) in [5, 5.41) is 3.30. The summed E-state index contributed by atoms with van der Waals surface area (Å²) in [7, 11) is 2.02. The number of nitrogens with one attached hydrogen (secondary N) is 1. The quantitative estimate of drug-likeness (QED) is 0.895. The molecule has 2 rings (SSSR count). The van der Waals surface area contributed by atoms with Gasteiger partial charge in [-0.1, -0.05) is 28.1 Å². The SMILES string of the molecule is CNCC(CC1CCC(C)O1)c1cccc(Br)c1. The molecule has 0 amide bonds. The molecule has 100 valence electrons. The smallest absolute Gasteiger partial charge is 0.0586 e. The van der Waals surface area contributed by atoms with Gasteiger partial charge in [0.1, 0.15) is 0 Å². The van der Waals surface area contributed by atoms with Crippen LogP contribution in [0.2, 0.25) is 0 Å². The summed E-state index contributed by atoms with van der Waals surface area (Å²) in [5.74, 6) is 0.530. The highest BCUT2D eigenvalue weighted by Gasteiger charge is 2.25. The predicted molar refractivity (Wildman–Crippen MR) is 79.0 cm³/mol. The van der Waals surface area contributed by atoms with Gasteiger partial charge in [-0.05, 0) is 56.8 Å². The molecule has 3 unspecified atom stereocenters. The lowest BCUT2D eigenvalue weighted by Crippen LogP contribution is -2.22. The van der Waals surface area contributed by atoms with Crippen molar-refractivity contribution in [1.29, 1.82) is 0 Å². The number of ether oxygens (including phenoxy) is 1. The highest BCUT2D eigenvalue weighted by molar-refractivity contribution is 9.10. The summed E-state index contributed by atoms with van der Waals surface area (Å²) >= 11 is 3.55. The molecule has 0 bridgehead atoms. The first-order valence-corrected chi connectivity index (χ1v) is 7.54. The molecule has 1 N–H and O–H groups in total. The summed E-state index contributed by atoms with van der Waals surface area (Å²) in [5.41, 5.74) is 1.39. The average molecular weight is 312 g/mol. The van der Waals surface area contributed by atoms with Gasteiger partial charge in [0.15, 0.2) is 0 Å². The normalized spacial score (nSPS) is 25.3. The molecular weight excluding hydrogens is 290 g/mol. The van der Waals surface area contributed by atoms with Gasteiger partial charge in [0.2, 0.25) is 0 Å². The van der Waals surface area contributed by atoms with Crippen LogP contribution in [0.4, 0.5) is 0 Å². The number of rotatable bonds is 5. The Bertz CT molecular complexity index is 383. The Hall–Kier alpha value is -0.380. The van der Waals surface area contributed by atoms with Crippen LogP contribution in [0.25, 0.3) is 0 Å². The van der Waals surface area contributed by atoms with E-state index < -0.39 is 0 Å². The number of halogens is 1. The molecule has 1 saturated heterocycles. The lowest BCUT2D eigenvalue weighted by atomic mass is 9.92. The van der Waals surface area contributed by atoms with E-state index >= 15 is 0 Å². The van der Waals surface area contributed by atoms with Gasteiger partial charge in [0.25, 0.3) is 0 Å². The summed E-state index contributed by atoms with van der Waals surface area (Å²) in [6.45, 7) is 3.18. The molecule has 2 nitrogen and oxygen atoms in total. The van der Waals surface area contributed by atoms with E-state index in [1.54, 1.807) is 0 Å². The van der Waals surface area contributed by atoms with E-state index in [4.69, 9.17) is 4.74 Å². The van der Waals surface area contributed by atoms with Crippen molar-refractivity contribution in [3.63, 3.8) is 0 Å². The zero-order valence-electron chi connectivity index (χ0n) is 11.2. The van der Waals surface area contributed by atoms with E-state index in [1.165, 1.54) is 18.4 Å². The van der Waals surface area contributed by atoms with Crippen LogP contribution in [0.5, 0.6) is 0 Å². The monoisotopic (exact) mass is 311 g/mol. The topological polar surface area (TPSA) is 21.3 Å². The zero-order chi connectivity index (χ0) is 13.0. The number of hydrogen-bond acceptors (Lipinski definition) is 2. The van der Waals surface area contributed by atoms with E-state index in [1.807, 2.05) is 7.05 Å². The molecule has 1 aliphatic heterocycles. The third-order valence-electron chi connectivity index (χ3n) is 3.64. The fraction of sp³-hybridized carbons (Fsp3) is 0.600. The highest BCUT2D eigenvalue weighted by Crippen LogP contribution is 2.30. The Morgan fingerprint density at radius 1 is 1.44 bits per heavy atom. The molecule has 3 heteroatoms. The van der Waals surface area contributed by atoms with Crippen LogP contribution in [0.3, 0.4) is 0 Å². The van der Waals surface area contributed by atoms with Crippen LogP contribution < -0.4 is 5.32 Å². The first kappa shape index (κ1) is 14.0. The van der Waals surface area contributed by atoms with Crippen molar-refractivity contribution < 1.29 is 4.74 Å². The van der Waals surface area contributed by atoms with Crippen molar-refractivity contribution in [2.75, 3.05) is 13.6 Å². The molecule has 18 heavy (non-hydrogen) atoms. The molecule has 1 aliphatic rings. The maximum absolute atomic E-state index is 5.95. The van der Waals surface area contributed by atoms with Gasteiger partial charge in [-0.15, -0.1) is 0 Å². The van der Waals surface area contributed by atoms with E-state index in [0.717, 1.165) is 17.4 Å². The molecule has 0 aliphatic carbocycles. The molecule has 0 radical (unpaired) electrons. The molecular formula is C15H22BrNO. The summed E-state index contributed by atoms with van der Waals surface area (Å²) in [6.07, 6.45) is 4.39. The van der Waals surface area contributed by atoms with Gasteiger partial charge in [-0.3, -0.25) is 0 Å². The molecule has 0 saturated carbocycles. The van der Waals surface area contributed by atoms with Gasteiger partial charge >= 0.3 is 0 Å². The highest BCUT2D eigenvalue weighted by atomic mass is 79.9. The van der Waals surface area contributed by atoms with E-state index in [2.05, 4.69) is 52.4 Å². The van der Waals surface area contributed by atoms with Gasteiger partial charge in [0, 0.05) is 11.0 Å². The summed E-state index contributed by atoms with van der Waals surface area (Å²) in [4.78, 5) is 0. The van der Waals surface area contributed by atoms with Crippen molar-refractivity contribution in [2.24, 2.45) is 0 Å². The third kappa shape index (κ3) is 3.81. The van der Waals surface area contributed by atoms with Crippen LogP contribution in [0.1, 0.15) is 37.7 Å². The Morgan fingerprint density at radius 3 is 2.89 bits per heavy atom. The lowest BCUT2D eigenvalue weighted by molar-refractivity contribution is 0.0467. The molecule has 0 aromatic heterocycles. The van der Waals surface area contributed by atoms with Crippen molar-refractivity contribution in [2.45, 2.75) is 44.3 Å². The fourth-order valence-electron chi connectivity index (χ4n) is 2.72. The molecule has 1 aromatic carbocycles. The largest absolute Gasteiger partial charge is 0.375 e. The summed E-state index contributed by atoms with van der Waals surface area (Å²) in [6, 6.07) is 8.62. The Morgan fingerprint density at radius 2 is 2.28 bits per heavy atom. The predicted octanol–water partition coefficient (Wildman–Crippen LogP) is 3.71. The molecule has 1 fully saturated rings. The molecule has 1 heterocycles. The van der Waals surface area contributed by atoms with Crippen LogP contribution in [0, 0.1) is 0 Å². The van der Waals surface area contributed by atoms with E-state index in [-0.39, 0.29) is 0 Å². The van der Waals surface area contributed by atoms with E-state index in [9.17, 15) is 0 Å². The van der Waals surface area contributed by atoms with Crippen LogP contribution >= 0.6 is 15.9 Å². The first-order valence-electron chi connectivity index (χ1n) is 6.74. The Balaban J connectivity index is 2.03. The van der Waals surface area contributed by atoms with Crippen LogP contribution in [-0.4, -0.2) is 25.8 Å². The zero-order valence-corrected chi connectivity index (χ0v) is 12.7. The van der Waals surface area contributed by atoms with Crippen molar-refractivity contribution in [1.82, 2.24) is 5.32 Å². The van der Waals surface area contributed by atoms with Crippen molar-refractivity contribution in [3.8, 4) is 0 Å². The van der Waals surface area contributed by atoms with Gasteiger partial charge in [-0.2, -0.15) is 0 Å². The second-order valence-electron chi connectivity index (χ2n) is 5.19. The standard InChI is InChI=1S/C15H22BrNO/c1-11-6-7-15(18-11)9-13(10-17-2)12-4-3-5-14(16)8-12/h3-5,8,11,13,15,17H,6-7,9-10H2,1-2H3. The maximum atomic E-state index is 5.95. The van der Waals surface area contributed by atoms with E-state index in [0.29, 0.717) is 18.1 Å². The minimum Gasteiger partial charge on any atom is -0.375 e. The number of hydrogen-bond donors (Lipinski definition) is 1. The Kier molecular flexibility index (Phi) is 5.22. The number of likely N-dealkylation sites (N-methyl/N-ethyl adjacent to an activating group) is 1. The van der Waals surface area contributed by atoms with Gasteiger partial charge in [0.05, 0.1) is 12.2 Å². The van der Waals surface area contributed by atoms with Crippen LogP contribution in [0.15, 0.2) is 28.7 Å². The molecule has 3 atom stereocenters. The van der Waals surface area contributed by atoms with Crippen molar-refractivity contribution in [3.05, 3.63) is 34.3 Å². The van der Waals surface area contributed by atoms with Crippen molar-refractivity contribution >= 4 is 15.9 Å². The molecule has 1 aromatic rings. The molecule has 0 spiro atoms. The fourth-order valence-corrected chi connectivity index (χ4v) is 3.14. The minimum atomic E-state index is 0.428. The van der Waals surface area contributed by atoms with Crippen LogP contribution in [-0.2, 0) is 4.74 Å². The first-order chi connectivity index (χ1) is 8.69. The third-order valence-corrected chi connectivity index (χ3v) is 4.13. The second-order valence-corrected chi connectivity index (χ2v) is 6.11. The maximum Gasteiger partial charge on any atom is 0.0586 e. The Labute approximate surface area is 118 Å². The minimum absolute atomic E-state index is 0.428. The summed E-state index contributed by atoms with van der Waals surface area (Å²) < 4.78 is 7.10. The average Bonchev–Trinajstić information content (AvgIpc) is 2.74. The lowest BCUT2D eigenvalue weighted by Gasteiger charge is -2.21. The second kappa shape index (κ2) is 6.69. The number of benzene rings is 1.